The third-order valence-electron chi connectivity index (χ3n) is 2.03. The van der Waals surface area contributed by atoms with E-state index in [-0.39, 0.29) is 22.4 Å². The van der Waals surface area contributed by atoms with Crippen LogP contribution in [0, 0.1) is 5.41 Å². The molecule has 0 unspecified atom stereocenters. The van der Waals surface area contributed by atoms with Crippen LogP contribution < -0.4 is 0 Å². The molecule has 0 radical (unpaired) electrons. The number of Topliss-reactive ketones (excluding diaryl/α,β-unsaturated/α-hetero) is 1. The van der Waals surface area contributed by atoms with Crippen LogP contribution in [0.1, 0.15) is 31.1 Å². The maximum Gasteiger partial charge on any atom is 0.446 e. The van der Waals surface area contributed by atoms with Crippen molar-refractivity contribution in [2.75, 3.05) is 0 Å². The molecule has 0 fully saturated rings. The Kier molecular flexibility index (Phi) is 3.91. The molecule has 0 aliphatic carbocycles. The van der Waals surface area contributed by atoms with E-state index in [9.17, 15) is 18.0 Å². The molecule has 0 saturated heterocycles. The Morgan fingerprint density at radius 2 is 1.53 bits per heavy atom. The van der Waals surface area contributed by atoms with E-state index in [0.29, 0.717) is 5.56 Å². The molecular formula is C12H13F3OS. The van der Waals surface area contributed by atoms with Crippen LogP contribution >= 0.6 is 11.8 Å². The normalized spacial score (nSPS) is 12.6. The zero-order valence-electron chi connectivity index (χ0n) is 9.76. The standard InChI is InChI=1S/C12H13F3OS/c1-11(2,3)10(16)8-4-6-9(7-5-8)17-12(13,14)15/h4-7H,1-3H3. The van der Waals surface area contributed by atoms with Crippen LogP contribution in [0.25, 0.3) is 0 Å². The van der Waals surface area contributed by atoms with Gasteiger partial charge in [-0.1, -0.05) is 32.9 Å². The first-order valence-electron chi connectivity index (χ1n) is 5.00. The number of halogens is 3. The Labute approximate surface area is 102 Å². The lowest BCUT2D eigenvalue weighted by Crippen LogP contribution is -2.19. The third kappa shape index (κ3) is 4.42. The molecule has 5 heteroatoms. The van der Waals surface area contributed by atoms with Crippen molar-refractivity contribution in [3.63, 3.8) is 0 Å². The molecule has 0 bridgehead atoms. The van der Waals surface area contributed by atoms with Crippen molar-refractivity contribution in [1.29, 1.82) is 0 Å². The number of carbonyl (C=O) groups is 1. The van der Waals surface area contributed by atoms with Crippen molar-refractivity contribution in [3.05, 3.63) is 29.8 Å². The van der Waals surface area contributed by atoms with Crippen molar-refractivity contribution in [2.45, 2.75) is 31.2 Å². The fourth-order valence-electron chi connectivity index (χ4n) is 1.24. The molecule has 0 N–H and O–H groups in total. The van der Waals surface area contributed by atoms with Gasteiger partial charge in [-0.25, -0.2) is 0 Å². The topological polar surface area (TPSA) is 17.1 Å². The van der Waals surface area contributed by atoms with Crippen molar-refractivity contribution in [1.82, 2.24) is 0 Å². The predicted molar refractivity (Wildman–Crippen MR) is 62.1 cm³/mol. The minimum absolute atomic E-state index is 0.0824. The molecular weight excluding hydrogens is 249 g/mol. The number of thioether (sulfide) groups is 1. The summed E-state index contributed by atoms with van der Waals surface area (Å²) in [7, 11) is 0. The molecule has 0 amide bonds. The van der Waals surface area contributed by atoms with E-state index in [1.165, 1.54) is 24.3 Å². The van der Waals surface area contributed by atoms with E-state index in [4.69, 9.17) is 0 Å². The van der Waals surface area contributed by atoms with Gasteiger partial charge in [0, 0.05) is 15.9 Å². The second-order valence-corrected chi connectivity index (χ2v) is 5.79. The number of carbonyl (C=O) groups excluding carboxylic acids is 1. The van der Waals surface area contributed by atoms with Crippen LogP contribution in [-0.4, -0.2) is 11.3 Å². The Morgan fingerprint density at radius 3 is 1.88 bits per heavy atom. The van der Waals surface area contributed by atoms with Gasteiger partial charge in [0.25, 0.3) is 0 Å². The first kappa shape index (κ1) is 14.1. The van der Waals surface area contributed by atoms with Gasteiger partial charge < -0.3 is 0 Å². The Morgan fingerprint density at radius 1 is 1.06 bits per heavy atom. The lowest BCUT2D eigenvalue weighted by atomic mass is 9.87. The Balaban J connectivity index is 2.86. The van der Waals surface area contributed by atoms with Gasteiger partial charge in [-0.2, -0.15) is 13.2 Å². The molecule has 1 rings (SSSR count). The monoisotopic (exact) mass is 262 g/mol. The number of hydrogen-bond acceptors (Lipinski definition) is 2. The van der Waals surface area contributed by atoms with Gasteiger partial charge in [-0.05, 0) is 23.9 Å². The zero-order chi connectivity index (χ0) is 13.3. The maximum atomic E-state index is 12.1. The van der Waals surface area contributed by atoms with Crippen molar-refractivity contribution in [2.24, 2.45) is 5.41 Å². The quantitative estimate of drug-likeness (QED) is 0.575. The van der Waals surface area contributed by atoms with Crippen molar-refractivity contribution < 1.29 is 18.0 Å². The highest BCUT2D eigenvalue weighted by atomic mass is 32.2. The highest BCUT2D eigenvalue weighted by Gasteiger charge is 2.29. The van der Waals surface area contributed by atoms with Crippen molar-refractivity contribution in [3.8, 4) is 0 Å². The van der Waals surface area contributed by atoms with Crippen LogP contribution in [0.2, 0.25) is 0 Å². The molecule has 1 nitrogen and oxygen atoms in total. The fourth-order valence-corrected chi connectivity index (χ4v) is 1.78. The molecule has 0 heterocycles. The summed E-state index contributed by atoms with van der Waals surface area (Å²) in [6, 6.07) is 5.50. The second-order valence-electron chi connectivity index (χ2n) is 4.65. The molecule has 0 atom stereocenters. The lowest BCUT2D eigenvalue weighted by Gasteiger charge is -2.16. The third-order valence-corrected chi connectivity index (χ3v) is 2.77. The molecule has 0 aliphatic heterocycles. The number of alkyl halides is 3. The highest BCUT2D eigenvalue weighted by Crippen LogP contribution is 2.37. The number of hydrogen-bond donors (Lipinski definition) is 0. The minimum atomic E-state index is -4.30. The Hall–Kier alpha value is -0.970. The molecule has 17 heavy (non-hydrogen) atoms. The summed E-state index contributed by atoms with van der Waals surface area (Å²) >= 11 is -0.183. The summed E-state index contributed by atoms with van der Waals surface area (Å²) in [6.07, 6.45) is 0. The van der Waals surface area contributed by atoms with Gasteiger partial charge >= 0.3 is 5.51 Å². The van der Waals surface area contributed by atoms with E-state index in [1.807, 2.05) is 0 Å². The maximum absolute atomic E-state index is 12.1. The fraction of sp³-hybridized carbons (Fsp3) is 0.417. The molecule has 0 aliphatic rings. The average molecular weight is 262 g/mol. The van der Waals surface area contributed by atoms with Crippen molar-refractivity contribution >= 4 is 17.5 Å². The summed E-state index contributed by atoms with van der Waals surface area (Å²) in [5.74, 6) is -0.0824. The van der Waals surface area contributed by atoms with Crippen LogP contribution in [-0.2, 0) is 0 Å². The van der Waals surface area contributed by atoms with E-state index in [1.54, 1.807) is 20.8 Å². The molecule has 94 valence electrons. The van der Waals surface area contributed by atoms with E-state index >= 15 is 0 Å². The minimum Gasteiger partial charge on any atom is -0.294 e. The number of benzene rings is 1. The molecule has 1 aromatic rings. The van der Waals surface area contributed by atoms with Gasteiger partial charge in [0.2, 0.25) is 0 Å². The predicted octanol–water partition coefficient (Wildman–Crippen LogP) is 4.53. The number of rotatable bonds is 2. The lowest BCUT2D eigenvalue weighted by molar-refractivity contribution is -0.0328. The first-order chi connectivity index (χ1) is 7.59. The summed E-state index contributed by atoms with van der Waals surface area (Å²) in [4.78, 5) is 11.9. The van der Waals surface area contributed by atoms with Gasteiger partial charge in [0.1, 0.15) is 0 Å². The van der Waals surface area contributed by atoms with Gasteiger partial charge in [-0.3, -0.25) is 4.79 Å². The Bertz CT molecular complexity index is 401. The summed E-state index contributed by atoms with van der Waals surface area (Å²) in [6.45, 7) is 5.31. The molecule has 1 aromatic carbocycles. The summed E-state index contributed by atoms with van der Waals surface area (Å²) in [5, 5.41) is 0. The molecule has 0 spiro atoms. The highest BCUT2D eigenvalue weighted by molar-refractivity contribution is 8.00. The number of ketones is 1. The van der Waals surface area contributed by atoms with Crippen LogP contribution in [0.4, 0.5) is 13.2 Å². The summed E-state index contributed by atoms with van der Waals surface area (Å²) < 4.78 is 36.3. The van der Waals surface area contributed by atoms with E-state index in [0.717, 1.165) is 0 Å². The SMILES string of the molecule is CC(C)(C)C(=O)c1ccc(SC(F)(F)F)cc1. The first-order valence-corrected chi connectivity index (χ1v) is 5.82. The largest absolute Gasteiger partial charge is 0.446 e. The van der Waals surface area contributed by atoms with Crippen LogP contribution in [0.15, 0.2) is 29.2 Å². The van der Waals surface area contributed by atoms with E-state index < -0.39 is 10.9 Å². The second kappa shape index (κ2) is 4.72. The smallest absolute Gasteiger partial charge is 0.294 e. The van der Waals surface area contributed by atoms with Crippen LogP contribution in [0.3, 0.4) is 0 Å². The molecule has 0 aromatic heterocycles. The molecule has 0 saturated carbocycles. The summed E-state index contributed by atoms with van der Waals surface area (Å²) in [5.41, 5.74) is -4.39. The average Bonchev–Trinajstić information content (AvgIpc) is 2.14. The van der Waals surface area contributed by atoms with Gasteiger partial charge in [0.15, 0.2) is 5.78 Å². The van der Waals surface area contributed by atoms with Gasteiger partial charge in [0.05, 0.1) is 0 Å². The zero-order valence-corrected chi connectivity index (χ0v) is 10.6. The van der Waals surface area contributed by atoms with Crippen LogP contribution in [0.5, 0.6) is 0 Å². The van der Waals surface area contributed by atoms with E-state index in [2.05, 4.69) is 0 Å². The van der Waals surface area contributed by atoms with Gasteiger partial charge in [-0.15, -0.1) is 0 Å².